The quantitative estimate of drug-likeness (QED) is 0.337. The van der Waals surface area contributed by atoms with Gasteiger partial charge in [0.05, 0.1) is 19.8 Å². The van der Waals surface area contributed by atoms with Crippen LogP contribution in [0.25, 0.3) is 5.76 Å². The standard InChI is InChI=1S/C25H23NO5S/c1-14-5-7-16(8-6-14)22(27)20-21(24-15(2)11-12-32-24)26(25(29)23(20)28)17-9-10-18(30-3)19(13-17)31-4/h5-13,21,27H,1-4H3/b22-20-. The number of nitrogens with zero attached hydrogens (tertiary/aromatic N) is 1. The van der Waals surface area contributed by atoms with Gasteiger partial charge in [0.25, 0.3) is 11.7 Å². The van der Waals surface area contributed by atoms with Crippen molar-refractivity contribution < 1.29 is 24.2 Å². The van der Waals surface area contributed by atoms with E-state index >= 15 is 0 Å². The number of benzene rings is 2. The van der Waals surface area contributed by atoms with Crippen LogP contribution in [0.15, 0.2) is 59.5 Å². The number of ketones is 1. The molecule has 0 bridgehead atoms. The average molecular weight is 450 g/mol. The first-order valence-electron chi connectivity index (χ1n) is 10.0. The number of aliphatic hydroxyl groups is 1. The number of Topliss-reactive ketones (excluding diaryl/α,β-unsaturated/α-hetero) is 1. The topological polar surface area (TPSA) is 76.1 Å². The minimum Gasteiger partial charge on any atom is -0.507 e. The molecule has 1 N–H and O–H groups in total. The maximum atomic E-state index is 13.2. The van der Waals surface area contributed by atoms with Crippen molar-refractivity contribution in [3.8, 4) is 11.5 Å². The second-order valence-electron chi connectivity index (χ2n) is 7.54. The van der Waals surface area contributed by atoms with E-state index in [2.05, 4.69) is 0 Å². The zero-order chi connectivity index (χ0) is 23.0. The smallest absolute Gasteiger partial charge is 0.300 e. The van der Waals surface area contributed by atoms with Crippen LogP contribution in [0.2, 0.25) is 0 Å². The Labute approximate surface area is 190 Å². The summed E-state index contributed by atoms with van der Waals surface area (Å²) in [6.07, 6.45) is 0. The Morgan fingerprint density at radius 2 is 1.66 bits per heavy atom. The highest BCUT2D eigenvalue weighted by Crippen LogP contribution is 2.46. The number of aryl methyl sites for hydroxylation is 2. The molecule has 7 heteroatoms. The van der Waals surface area contributed by atoms with Gasteiger partial charge < -0.3 is 14.6 Å². The molecular weight excluding hydrogens is 426 g/mol. The highest BCUT2D eigenvalue weighted by molar-refractivity contribution is 7.10. The number of thiophene rings is 1. The van der Waals surface area contributed by atoms with Gasteiger partial charge in [0.1, 0.15) is 11.8 Å². The fraction of sp³-hybridized carbons (Fsp3) is 0.200. The normalized spacial score (nSPS) is 17.6. The van der Waals surface area contributed by atoms with Gasteiger partial charge in [0.15, 0.2) is 11.5 Å². The first-order chi connectivity index (χ1) is 15.4. The summed E-state index contributed by atoms with van der Waals surface area (Å²) in [5.41, 5.74) is 2.99. The summed E-state index contributed by atoms with van der Waals surface area (Å²) in [5, 5.41) is 13.1. The van der Waals surface area contributed by atoms with Gasteiger partial charge >= 0.3 is 0 Å². The van der Waals surface area contributed by atoms with Crippen LogP contribution in [0.1, 0.15) is 27.6 Å². The molecule has 0 spiro atoms. The monoisotopic (exact) mass is 449 g/mol. The molecule has 164 valence electrons. The fourth-order valence-electron chi connectivity index (χ4n) is 3.85. The predicted molar refractivity (Wildman–Crippen MR) is 125 cm³/mol. The van der Waals surface area contributed by atoms with Crippen LogP contribution in [0.5, 0.6) is 11.5 Å². The maximum absolute atomic E-state index is 13.2. The largest absolute Gasteiger partial charge is 0.507 e. The van der Waals surface area contributed by atoms with E-state index in [1.807, 2.05) is 37.4 Å². The Balaban J connectivity index is 1.94. The van der Waals surface area contributed by atoms with E-state index in [4.69, 9.17) is 9.47 Å². The number of rotatable bonds is 5. The van der Waals surface area contributed by atoms with Crippen LogP contribution < -0.4 is 14.4 Å². The SMILES string of the molecule is COc1ccc(N2C(=O)C(=O)/C(=C(\O)c3ccc(C)cc3)C2c2sccc2C)cc1OC. The Bertz CT molecular complexity index is 1230. The van der Waals surface area contributed by atoms with Crippen LogP contribution in [-0.2, 0) is 9.59 Å². The van der Waals surface area contributed by atoms with Crippen LogP contribution in [0, 0.1) is 13.8 Å². The molecule has 6 nitrogen and oxygen atoms in total. The summed E-state index contributed by atoms with van der Waals surface area (Å²) in [5.74, 6) is -0.674. The molecule has 1 fully saturated rings. The van der Waals surface area contributed by atoms with Crippen molar-refractivity contribution in [1.82, 2.24) is 0 Å². The molecule has 3 aromatic rings. The minimum atomic E-state index is -0.755. The summed E-state index contributed by atoms with van der Waals surface area (Å²) in [6.45, 7) is 3.86. The highest BCUT2D eigenvalue weighted by Gasteiger charge is 2.48. The van der Waals surface area contributed by atoms with E-state index < -0.39 is 17.7 Å². The number of anilines is 1. The number of amides is 1. The summed E-state index contributed by atoms with van der Waals surface area (Å²) in [4.78, 5) is 28.7. The number of ether oxygens (including phenoxy) is 2. The third-order valence-corrected chi connectivity index (χ3v) is 6.64. The van der Waals surface area contributed by atoms with Crippen molar-refractivity contribution >= 4 is 34.5 Å². The van der Waals surface area contributed by atoms with E-state index in [1.54, 1.807) is 30.3 Å². The van der Waals surface area contributed by atoms with E-state index in [9.17, 15) is 14.7 Å². The lowest BCUT2D eigenvalue weighted by Gasteiger charge is -2.25. The summed E-state index contributed by atoms with van der Waals surface area (Å²) in [7, 11) is 3.04. The second-order valence-corrected chi connectivity index (χ2v) is 8.49. The molecule has 4 rings (SSSR count). The molecule has 1 saturated heterocycles. The summed E-state index contributed by atoms with van der Waals surface area (Å²) in [6, 6.07) is 13.4. The van der Waals surface area contributed by atoms with Crippen LogP contribution in [0.4, 0.5) is 5.69 Å². The van der Waals surface area contributed by atoms with Crippen molar-refractivity contribution in [2.75, 3.05) is 19.1 Å². The second kappa shape index (κ2) is 8.51. The van der Waals surface area contributed by atoms with Gasteiger partial charge in [0.2, 0.25) is 0 Å². The van der Waals surface area contributed by atoms with Gasteiger partial charge in [-0.25, -0.2) is 0 Å². The third-order valence-electron chi connectivity index (χ3n) is 5.56. The number of hydrogen-bond donors (Lipinski definition) is 1. The van der Waals surface area contributed by atoms with Crippen LogP contribution in [-0.4, -0.2) is 31.0 Å². The van der Waals surface area contributed by atoms with E-state index in [1.165, 1.54) is 30.5 Å². The predicted octanol–water partition coefficient (Wildman–Crippen LogP) is 5.01. The Morgan fingerprint density at radius 1 is 0.969 bits per heavy atom. The van der Waals surface area contributed by atoms with E-state index in [-0.39, 0.29) is 11.3 Å². The maximum Gasteiger partial charge on any atom is 0.300 e. The van der Waals surface area contributed by atoms with E-state index in [0.717, 1.165) is 16.0 Å². The van der Waals surface area contributed by atoms with Crippen LogP contribution >= 0.6 is 11.3 Å². The first-order valence-corrected chi connectivity index (χ1v) is 10.9. The molecule has 2 heterocycles. The molecule has 1 aliphatic heterocycles. The highest BCUT2D eigenvalue weighted by atomic mass is 32.1. The molecule has 0 radical (unpaired) electrons. The molecule has 0 aliphatic carbocycles. The van der Waals surface area contributed by atoms with Crippen molar-refractivity contribution in [3.05, 3.63) is 81.1 Å². The van der Waals surface area contributed by atoms with Gasteiger partial charge in [0, 0.05) is 22.2 Å². The lowest BCUT2D eigenvalue weighted by molar-refractivity contribution is -0.132. The van der Waals surface area contributed by atoms with Crippen molar-refractivity contribution in [1.29, 1.82) is 0 Å². The van der Waals surface area contributed by atoms with Gasteiger partial charge in [-0.05, 0) is 43.0 Å². The van der Waals surface area contributed by atoms with Gasteiger partial charge in [-0.15, -0.1) is 11.3 Å². The Hall–Kier alpha value is -3.58. The molecule has 0 saturated carbocycles. The first kappa shape index (κ1) is 21.6. The average Bonchev–Trinajstić information content (AvgIpc) is 3.33. The molecule has 2 aromatic carbocycles. The zero-order valence-corrected chi connectivity index (χ0v) is 19.0. The number of carbonyl (C=O) groups excluding carboxylic acids is 2. The van der Waals surface area contributed by atoms with E-state index in [0.29, 0.717) is 22.7 Å². The van der Waals surface area contributed by atoms with Gasteiger partial charge in [-0.1, -0.05) is 29.8 Å². The number of carbonyl (C=O) groups is 2. The van der Waals surface area contributed by atoms with Crippen LogP contribution in [0.3, 0.4) is 0 Å². The lowest BCUT2D eigenvalue weighted by Crippen LogP contribution is -2.29. The van der Waals surface area contributed by atoms with Crippen molar-refractivity contribution in [3.63, 3.8) is 0 Å². The van der Waals surface area contributed by atoms with Gasteiger partial charge in [-0.2, -0.15) is 0 Å². The van der Waals surface area contributed by atoms with Crippen molar-refractivity contribution in [2.24, 2.45) is 0 Å². The number of methoxy groups -OCH3 is 2. The minimum absolute atomic E-state index is 0.0687. The molecule has 1 amide bonds. The lowest BCUT2D eigenvalue weighted by atomic mass is 9.98. The summed E-state index contributed by atoms with van der Waals surface area (Å²) >= 11 is 1.44. The number of aliphatic hydroxyl groups excluding tert-OH is 1. The molecule has 1 atom stereocenters. The summed E-state index contributed by atoms with van der Waals surface area (Å²) < 4.78 is 10.7. The fourth-order valence-corrected chi connectivity index (χ4v) is 4.88. The molecule has 1 aromatic heterocycles. The molecular formula is C25H23NO5S. The van der Waals surface area contributed by atoms with Crippen molar-refractivity contribution in [2.45, 2.75) is 19.9 Å². The molecule has 1 aliphatic rings. The van der Waals surface area contributed by atoms with Gasteiger partial charge in [-0.3, -0.25) is 14.5 Å². The number of hydrogen-bond acceptors (Lipinski definition) is 6. The zero-order valence-electron chi connectivity index (χ0n) is 18.2. The Morgan fingerprint density at radius 3 is 2.25 bits per heavy atom. The third kappa shape index (κ3) is 3.54. The molecule has 32 heavy (non-hydrogen) atoms. The Kier molecular flexibility index (Phi) is 5.76. The molecule has 1 unspecified atom stereocenters.